The molecule has 0 amide bonds. The lowest BCUT2D eigenvalue weighted by Crippen LogP contribution is -2.44. The largest absolute Gasteiger partial charge is 0.465 e. The molecule has 1 aromatic carbocycles. The number of carbonyl (C=O) groups is 1. The Hall–Kier alpha value is -2.34. The molecule has 0 bridgehead atoms. The van der Waals surface area contributed by atoms with Crippen LogP contribution in [0.3, 0.4) is 0 Å². The van der Waals surface area contributed by atoms with Gasteiger partial charge in [0.2, 0.25) is 0 Å². The van der Waals surface area contributed by atoms with Crippen molar-refractivity contribution in [3.05, 3.63) is 59.2 Å². The molecular weight excluding hydrogens is 530 g/mol. The van der Waals surface area contributed by atoms with E-state index >= 15 is 0 Å². The lowest BCUT2D eigenvalue weighted by atomic mass is 9.86. The second-order valence-corrected chi connectivity index (χ2v) is 12.6. The molecule has 1 aliphatic carbocycles. The third-order valence-electron chi connectivity index (χ3n) is 7.06. The summed E-state index contributed by atoms with van der Waals surface area (Å²) < 4.78 is 32.3. The monoisotopic (exact) mass is 590 g/mol. The number of rotatable bonds is 13. The number of allylic oxidation sites excluding steroid dienone is 4. The molecule has 6 heteroatoms. The predicted octanol–water partition coefficient (Wildman–Crippen LogP) is 11.2. The van der Waals surface area contributed by atoms with Crippen LogP contribution in [0.1, 0.15) is 142 Å². The number of esters is 1. The van der Waals surface area contributed by atoms with Crippen molar-refractivity contribution in [3.63, 3.8) is 0 Å². The summed E-state index contributed by atoms with van der Waals surface area (Å²) in [4.78, 5) is 14.4. The van der Waals surface area contributed by atoms with Gasteiger partial charge < -0.3 is 10.1 Å². The van der Waals surface area contributed by atoms with Crippen molar-refractivity contribution in [2.75, 3.05) is 13.7 Å². The standard InChI is InChI=1S/C29H42F2N2O2.C5H12.C2H6/c1-5-21(3)28(22-12-14-23(15-13-22)29(34)35-4)33(27-10-8-7-9-11-27)20-26(32)19-18-25(31)17-16-24(30)6-2;1-5(2,3)4;1-2/h12-16,18,21,27-28,32H,5-11,17,19-20H2,1-4H3;1-4H3;1-2H3/b24-16+,25-18+,32-26?;;. The first kappa shape index (κ1) is 39.7. The lowest BCUT2D eigenvalue weighted by molar-refractivity contribution is 0.0600. The predicted molar refractivity (Wildman–Crippen MR) is 176 cm³/mol. The number of carbonyl (C=O) groups excluding carboxylic acids is 1. The molecule has 0 spiro atoms. The molecule has 2 unspecified atom stereocenters. The molecule has 0 heterocycles. The van der Waals surface area contributed by atoms with E-state index in [-0.39, 0.29) is 37.1 Å². The minimum absolute atomic E-state index is 0.0681. The minimum atomic E-state index is -0.403. The molecule has 1 saturated carbocycles. The van der Waals surface area contributed by atoms with E-state index < -0.39 is 5.83 Å². The van der Waals surface area contributed by atoms with Gasteiger partial charge in [0.05, 0.1) is 18.5 Å². The minimum Gasteiger partial charge on any atom is -0.465 e. The summed E-state index contributed by atoms with van der Waals surface area (Å²) >= 11 is 0. The van der Waals surface area contributed by atoms with Crippen LogP contribution in [0.15, 0.2) is 48.1 Å². The number of benzene rings is 1. The molecular formula is C36H60F2N2O2. The Morgan fingerprint density at radius 3 is 2.00 bits per heavy atom. The topological polar surface area (TPSA) is 53.4 Å². The number of nitrogens with zero attached hydrogens (tertiary/aromatic N) is 1. The third-order valence-corrected chi connectivity index (χ3v) is 7.06. The molecule has 0 aliphatic heterocycles. The van der Waals surface area contributed by atoms with Gasteiger partial charge in [-0.25, -0.2) is 13.6 Å². The van der Waals surface area contributed by atoms with E-state index in [2.05, 4.69) is 46.4 Å². The van der Waals surface area contributed by atoms with Crippen molar-refractivity contribution in [3.8, 4) is 0 Å². The Labute approximate surface area is 256 Å². The smallest absolute Gasteiger partial charge is 0.337 e. The molecule has 240 valence electrons. The molecule has 1 fully saturated rings. The molecule has 1 N–H and O–H groups in total. The maximum absolute atomic E-state index is 14.2. The van der Waals surface area contributed by atoms with Gasteiger partial charge in [-0.3, -0.25) is 4.90 Å². The number of hydrogen-bond donors (Lipinski definition) is 1. The molecule has 1 aromatic rings. The first-order valence-corrected chi connectivity index (χ1v) is 16.0. The van der Waals surface area contributed by atoms with Crippen molar-refractivity contribution in [2.45, 2.75) is 132 Å². The van der Waals surface area contributed by atoms with Crippen LogP contribution in [0.25, 0.3) is 0 Å². The first-order valence-electron chi connectivity index (χ1n) is 16.0. The fraction of sp³-hybridized carbons (Fsp3) is 0.667. The first-order chi connectivity index (χ1) is 19.8. The average molecular weight is 591 g/mol. The van der Waals surface area contributed by atoms with E-state index in [4.69, 9.17) is 10.1 Å². The number of halogens is 2. The SMILES string of the molecule is CC.CC(C)(C)C.CC/C(F)=C\C/C(F)=C\CC(=N)CN(C1CCCCC1)C(c1ccc(C(=O)OC)cc1)C(C)CC. The van der Waals surface area contributed by atoms with Gasteiger partial charge in [0.15, 0.2) is 0 Å². The lowest BCUT2D eigenvalue weighted by Gasteiger charge is -2.43. The van der Waals surface area contributed by atoms with Gasteiger partial charge in [-0.2, -0.15) is 0 Å². The van der Waals surface area contributed by atoms with Crippen LogP contribution in [0.2, 0.25) is 0 Å². The van der Waals surface area contributed by atoms with E-state index in [1.807, 2.05) is 38.1 Å². The maximum Gasteiger partial charge on any atom is 0.337 e. The van der Waals surface area contributed by atoms with Crippen LogP contribution in [0.5, 0.6) is 0 Å². The van der Waals surface area contributed by atoms with Gasteiger partial charge in [-0.05, 0) is 60.4 Å². The Morgan fingerprint density at radius 2 is 1.52 bits per heavy atom. The second kappa shape index (κ2) is 21.4. The summed E-state index contributed by atoms with van der Waals surface area (Å²) in [6.45, 7) is 19.3. The highest BCUT2D eigenvalue weighted by molar-refractivity contribution is 5.89. The highest BCUT2D eigenvalue weighted by Gasteiger charge is 2.32. The number of ether oxygens (including phenoxy) is 1. The molecule has 2 rings (SSSR count). The van der Waals surface area contributed by atoms with Gasteiger partial charge in [-0.15, -0.1) is 0 Å². The van der Waals surface area contributed by atoms with E-state index in [1.165, 1.54) is 38.5 Å². The van der Waals surface area contributed by atoms with Gasteiger partial charge in [-0.1, -0.05) is 100 Å². The average Bonchev–Trinajstić information content (AvgIpc) is 2.98. The molecule has 0 aromatic heterocycles. The molecule has 0 radical (unpaired) electrons. The molecule has 1 aliphatic rings. The molecule has 42 heavy (non-hydrogen) atoms. The Balaban J connectivity index is 0.00000216. The van der Waals surface area contributed by atoms with Crippen LogP contribution in [0.4, 0.5) is 8.78 Å². The molecule has 0 saturated heterocycles. The zero-order valence-corrected chi connectivity index (χ0v) is 28.3. The van der Waals surface area contributed by atoms with E-state index in [0.29, 0.717) is 35.2 Å². The Kier molecular flexibility index (Phi) is 20.2. The van der Waals surface area contributed by atoms with Crippen LogP contribution in [-0.2, 0) is 4.74 Å². The number of methoxy groups -OCH3 is 1. The zero-order valence-electron chi connectivity index (χ0n) is 28.3. The van der Waals surface area contributed by atoms with Gasteiger partial charge in [0.1, 0.15) is 5.83 Å². The van der Waals surface area contributed by atoms with Gasteiger partial charge >= 0.3 is 5.97 Å². The summed E-state index contributed by atoms with van der Waals surface area (Å²) in [5.74, 6) is -0.741. The van der Waals surface area contributed by atoms with Crippen LogP contribution in [-0.4, -0.2) is 36.3 Å². The summed E-state index contributed by atoms with van der Waals surface area (Å²) in [5.41, 5.74) is 2.59. The van der Waals surface area contributed by atoms with Gasteiger partial charge in [0, 0.05) is 37.2 Å². The highest BCUT2D eigenvalue weighted by Crippen LogP contribution is 2.36. The van der Waals surface area contributed by atoms with Crippen LogP contribution < -0.4 is 0 Å². The zero-order chi connectivity index (χ0) is 32.3. The van der Waals surface area contributed by atoms with Crippen LogP contribution >= 0.6 is 0 Å². The van der Waals surface area contributed by atoms with E-state index in [9.17, 15) is 13.6 Å². The fourth-order valence-electron chi connectivity index (χ4n) is 4.83. The maximum atomic E-state index is 14.2. The summed E-state index contributed by atoms with van der Waals surface area (Å²) in [6, 6.07) is 8.06. The van der Waals surface area contributed by atoms with Gasteiger partial charge in [0.25, 0.3) is 0 Å². The second-order valence-electron chi connectivity index (χ2n) is 12.6. The molecule has 2 atom stereocenters. The van der Waals surface area contributed by atoms with Crippen molar-refractivity contribution < 1.29 is 18.3 Å². The highest BCUT2D eigenvalue weighted by atomic mass is 19.1. The van der Waals surface area contributed by atoms with Crippen molar-refractivity contribution in [1.82, 2.24) is 4.90 Å². The summed E-state index contributed by atoms with van der Waals surface area (Å²) in [5, 5.41) is 8.65. The Bertz CT molecular complexity index is 952. The normalized spacial score (nSPS) is 16.0. The van der Waals surface area contributed by atoms with Crippen molar-refractivity contribution >= 4 is 11.7 Å². The number of hydrogen-bond acceptors (Lipinski definition) is 4. The molecule has 4 nitrogen and oxygen atoms in total. The van der Waals surface area contributed by atoms with Crippen molar-refractivity contribution in [2.24, 2.45) is 11.3 Å². The van der Waals surface area contributed by atoms with E-state index in [1.54, 1.807) is 6.92 Å². The summed E-state index contributed by atoms with van der Waals surface area (Å²) in [6.07, 6.45) is 9.81. The van der Waals surface area contributed by atoms with Crippen LogP contribution in [0, 0.1) is 16.7 Å². The fourth-order valence-corrected chi connectivity index (χ4v) is 4.83. The van der Waals surface area contributed by atoms with Crippen molar-refractivity contribution in [1.29, 1.82) is 5.41 Å². The quantitative estimate of drug-likeness (QED) is 0.184. The number of nitrogens with one attached hydrogen (secondary N) is 1. The Morgan fingerprint density at radius 1 is 1.00 bits per heavy atom. The third kappa shape index (κ3) is 16.3. The summed E-state index contributed by atoms with van der Waals surface area (Å²) in [7, 11) is 1.38. The van der Waals surface area contributed by atoms with E-state index in [0.717, 1.165) is 24.8 Å².